The molecule has 20 N–H and O–H groups in total. The van der Waals surface area contributed by atoms with Crippen LogP contribution >= 0.6 is 0 Å². The molecule has 464 valence electrons. The second-order valence-electron chi connectivity index (χ2n) is 22.9. The van der Waals surface area contributed by atoms with Gasteiger partial charge in [0.15, 0.2) is 17.9 Å². The zero-order valence-corrected chi connectivity index (χ0v) is 48.7. The molecule has 83 heavy (non-hydrogen) atoms. The van der Waals surface area contributed by atoms with E-state index in [1.165, 1.54) is 14.7 Å². The lowest BCUT2D eigenvalue weighted by molar-refractivity contribution is -0.151. The van der Waals surface area contributed by atoms with E-state index in [1.807, 2.05) is 13.8 Å². The molecule has 10 atom stereocenters. The Labute approximate surface area is 485 Å². The first-order valence-corrected chi connectivity index (χ1v) is 29.3. The summed E-state index contributed by atoms with van der Waals surface area (Å²) in [7, 11) is 0. The number of nitrogens with two attached hydrogens (primary N) is 8. The van der Waals surface area contributed by atoms with Crippen molar-refractivity contribution in [3.63, 3.8) is 0 Å². The number of amides is 10. The van der Waals surface area contributed by atoms with E-state index in [-0.39, 0.29) is 132 Å². The molecule has 0 aromatic carbocycles. The minimum Gasteiger partial charge on any atom is -0.370 e. The van der Waals surface area contributed by atoms with Crippen LogP contribution in [0.25, 0.3) is 0 Å². The molecule has 5 aliphatic heterocycles. The highest BCUT2D eigenvalue weighted by Crippen LogP contribution is 2.31. The number of carbonyl (C=O) groups is 10. The van der Waals surface area contributed by atoms with E-state index in [0.29, 0.717) is 64.5 Å². The Kier molecular flexibility index (Phi) is 24.9. The summed E-state index contributed by atoms with van der Waals surface area (Å²) in [6.07, 6.45) is 5.04. The summed E-state index contributed by atoms with van der Waals surface area (Å²) in [5, 5.41) is 11.0. The van der Waals surface area contributed by atoms with Crippen molar-refractivity contribution in [1.82, 2.24) is 45.8 Å². The molecule has 0 aromatic heterocycles. The minimum atomic E-state index is -1.28. The van der Waals surface area contributed by atoms with E-state index in [2.05, 4.69) is 36.2 Å². The molecule has 0 bridgehead atoms. The van der Waals surface area contributed by atoms with Gasteiger partial charge in [-0.1, -0.05) is 27.7 Å². The van der Waals surface area contributed by atoms with Crippen molar-refractivity contribution in [1.29, 1.82) is 0 Å². The second-order valence-corrected chi connectivity index (χ2v) is 22.9. The predicted octanol–water partition coefficient (Wildman–Crippen LogP) is -4.83. The summed E-state index contributed by atoms with van der Waals surface area (Å²) in [6.45, 7) is 8.93. The van der Waals surface area contributed by atoms with Gasteiger partial charge >= 0.3 is 0 Å². The lowest BCUT2D eigenvalue weighted by Gasteiger charge is -2.36. The van der Waals surface area contributed by atoms with Gasteiger partial charge in [-0.05, 0) is 115 Å². The van der Waals surface area contributed by atoms with E-state index in [4.69, 9.17) is 45.9 Å². The number of nitrogens with zero attached hydrogens (tertiary/aromatic N) is 8. The highest BCUT2D eigenvalue weighted by Gasteiger charge is 2.48. The van der Waals surface area contributed by atoms with E-state index < -0.39 is 108 Å². The first-order valence-electron chi connectivity index (χ1n) is 29.3. The van der Waals surface area contributed by atoms with Crippen molar-refractivity contribution in [3.8, 4) is 0 Å². The van der Waals surface area contributed by atoms with Gasteiger partial charge in [0, 0.05) is 52.4 Å². The van der Waals surface area contributed by atoms with Gasteiger partial charge in [-0.15, -0.1) is 0 Å². The maximum Gasteiger partial charge on any atom is 0.246 e. The van der Waals surface area contributed by atoms with Crippen molar-refractivity contribution >= 4 is 77.0 Å². The number of carbonyl (C=O) groups excluding carboxylic acids is 10. The average molecular weight is 1170 g/mol. The Morgan fingerprint density at radius 3 is 1.13 bits per heavy atom. The lowest BCUT2D eigenvalue weighted by Crippen LogP contribution is -2.60. The molecule has 5 rings (SSSR count). The van der Waals surface area contributed by atoms with E-state index in [1.54, 1.807) is 23.6 Å². The number of hydrogen-bond donors (Lipinski definition) is 12. The highest BCUT2D eigenvalue weighted by molar-refractivity contribution is 5.99. The molecule has 10 amide bonds. The first kappa shape index (κ1) is 66.3. The maximum absolute atomic E-state index is 14.7. The van der Waals surface area contributed by atoms with Gasteiger partial charge in [0.1, 0.15) is 54.4 Å². The van der Waals surface area contributed by atoms with Gasteiger partial charge in [-0.25, -0.2) is 0 Å². The van der Waals surface area contributed by atoms with Gasteiger partial charge in [0.05, 0.1) is 6.04 Å². The SMILES string of the molecule is CC(C)[C@H](N)C(=O)N1CCC[C@H]1C(=O)N1CCC[C@H]1C(=O)N1CCC[C@H]1C(=O)N[C@H](C(=O)N1CCC[C@H]1C(=O)N1CCC[C@H]1C(=O)N[C@@H](CCCN=C(N)N)C(=O)N[C@@H](CCCN=C(N)N)C(=O)N[C@@H](CCCN=C(N)N)C(N)=O)C(C)C. The number of nitrogens with one attached hydrogen (secondary N) is 4. The lowest BCUT2D eigenvalue weighted by atomic mass is 10.0. The minimum absolute atomic E-state index is 0.00672. The van der Waals surface area contributed by atoms with Crippen LogP contribution in [-0.2, 0) is 47.9 Å². The van der Waals surface area contributed by atoms with Gasteiger partial charge in [0.2, 0.25) is 59.1 Å². The molecule has 30 nitrogen and oxygen atoms in total. The summed E-state index contributed by atoms with van der Waals surface area (Å²) in [5.41, 5.74) is 44.8. The molecule has 30 heteroatoms. The monoisotopic (exact) mass is 1170 g/mol. The van der Waals surface area contributed by atoms with Crippen LogP contribution < -0.4 is 67.1 Å². The molecular formula is C53H92N20O10. The fourth-order valence-electron chi connectivity index (χ4n) is 11.6. The van der Waals surface area contributed by atoms with E-state index in [0.717, 1.165) is 0 Å². The second kappa shape index (κ2) is 31.2. The van der Waals surface area contributed by atoms with Gasteiger partial charge in [-0.2, -0.15) is 0 Å². The topological polar surface area (TPSA) is 480 Å². The standard InChI is InChI=1S/C53H92N20O10/c1-29(2)39(54)49(82)72-27-11-19-37(72)48(81)71-26-10-18-36(71)46(79)70-25-9-17-35(70)45(78)68-40(30(3)4)50(83)73-28-12-20-38(73)47(80)69-24-8-16-34(69)44(77)67-33(15-7-23-64-53(60)61)43(76)66-32(14-6-22-63-52(58)59)42(75)65-31(41(55)74)13-5-21-62-51(56)57/h29-40H,5-28,54H2,1-4H3,(H2,55,74)(H,65,75)(H,66,76)(H,67,77)(H,68,78)(H4,56,57,62)(H4,58,59,63)(H4,60,61,64)/t31-,32-,33-,34-,35-,36-,37-,38-,39-,40-/m0/s1. The Bertz CT molecular complexity index is 2430. The predicted molar refractivity (Wildman–Crippen MR) is 308 cm³/mol. The smallest absolute Gasteiger partial charge is 0.246 e. The van der Waals surface area contributed by atoms with Crippen LogP contribution in [0.4, 0.5) is 0 Å². The normalized spacial score (nSPS) is 22.3. The third kappa shape index (κ3) is 18.0. The highest BCUT2D eigenvalue weighted by atomic mass is 16.2. The molecule has 5 fully saturated rings. The van der Waals surface area contributed by atoms with Gasteiger partial charge in [0.25, 0.3) is 0 Å². The number of aliphatic imine (C=N–C) groups is 3. The van der Waals surface area contributed by atoms with E-state index >= 15 is 0 Å². The number of likely N-dealkylation sites (tertiary alicyclic amines) is 5. The summed E-state index contributed by atoms with van der Waals surface area (Å²) < 4.78 is 0. The zero-order valence-electron chi connectivity index (χ0n) is 48.7. The third-order valence-corrected chi connectivity index (χ3v) is 16.1. The molecule has 0 spiro atoms. The molecule has 0 aromatic rings. The fourth-order valence-corrected chi connectivity index (χ4v) is 11.6. The fraction of sp³-hybridized carbons (Fsp3) is 0.755. The molecular weight excluding hydrogens is 1080 g/mol. The Hall–Kier alpha value is -7.53. The van der Waals surface area contributed by atoms with Crippen molar-refractivity contribution < 1.29 is 47.9 Å². The van der Waals surface area contributed by atoms with Gasteiger partial charge < -0.3 is 91.6 Å². The Morgan fingerprint density at radius 1 is 0.422 bits per heavy atom. The molecule has 0 unspecified atom stereocenters. The number of rotatable bonds is 28. The van der Waals surface area contributed by atoms with Crippen molar-refractivity contribution in [2.75, 3.05) is 52.4 Å². The third-order valence-electron chi connectivity index (χ3n) is 16.1. The van der Waals surface area contributed by atoms with Crippen LogP contribution in [0.1, 0.15) is 130 Å². The summed E-state index contributed by atoms with van der Waals surface area (Å²) in [4.78, 5) is 160. The van der Waals surface area contributed by atoms with E-state index in [9.17, 15) is 47.9 Å². The largest absolute Gasteiger partial charge is 0.370 e. The molecule has 0 aliphatic carbocycles. The summed E-state index contributed by atoms with van der Waals surface area (Å²) in [5.74, 6) is -6.62. The average Bonchev–Trinajstić information content (AvgIpc) is 4.16. The zero-order chi connectivity index (χ0) is 61.2. The molecule has 5 aliphatic rings. The van der Waals surface area contributed by atoms with Crippen LogP contribution in [0.3, 0.4) is 0 Å². The summed E-state index contributed by atoms with van der Waals surface area (Å²) >= 11 is 0. The first-order chi connectivity index (χ1) is 39.3. The molecule has 5 saturated heterocycles. The number of guanidine groups is 3. The van der Waals surface area contributed by atoms with Crippen LogP contribution in [0.5, 0.6) is 0 Å². The Morgan fingerprint density at radius 2 is 0.747 bits per heavy atom. The van der Waals surface area contributed by atoms with Gasteiger partial charge in [-0.3, -0.25) is 62.9 Å². The van der Waals surface area contributed by atoms with Crippen molar-refractivity contribution in [2.24, 2.45) is 72.7 Å². The summed E-state index contributed by atoms with van der Waals surface area (Å²) in [6, 6.07) is -10.1. The maximum atomic E-state index is 14.7. The van der Waals surface area contributed by atoms with Crippen molar-refractivity contribution in [3.05, 3.63) is 0 Å². The van der Waals surface area contributed by atoms with Crippen LogP contribution in [0, 0.1) is 11.8 Å². The quantitative estimate of drug-likeness (QED) is 0.0199. The number of hydrogen-bond acceptors (Lipinski definition) is 14. The number of primary amides is 1. The molecule has 0 saturated carbocycles. The van der Waals surface area contributed by atoms with Crippen LogP contribution in [0.15, 0.2) is 15.0 Å². The molecule has 0 radical (unpaired) electrons. The van der Waals surface area contributed by atoms with Crippen LogP contribution in [-0.4, -0.2) is 214 Å². The van der Waals surface area contributed by atoms with Crippen LogP contribution in [0.2, 0.25) is 0 Å². The molecule has 5 heterocycles. The van der Waals surface area contributed by atoms with Crippen molar-refractivity contribution in [2.45, 2.75) is 191 Å². The Balaban J connectivity index is 1.27.